The molecule has 0 aliphatic heterocycles. The van der Waals surface area contributed by atoms with E-state index in [-0.39, 0.29) is 5.91 Å². The lowest BCUT2D eigenvalue weighted by Crippen LogP contribution is -2.33. The van der Waals surface area contributed by atoms with Crippen LogP contribution in [0.25, 0.3) is 0 Å². The van der Waals surface area contributed by atoms with E-state index in [1.165, 1.54) is 6.42 Å². The SMILES string of the molecule is CC1(C)CCC(NC(=O)CCCCCl)C1. The molecule has 3 heteroatoms. The Balaban J connectivity index is 2.16. The van der Waals surface area contributed by atoms with Crippen LogP contribution in [-0.4, -0.2) is 17.8 Å². The van der Waals surface area contributed by atoms with E-state index in [1.54, 1.807) is 0 Å². The first-order valence-corrected chi connectivity index (χ1v) is 6.42. The van der Waals surface area contributed by atoms with Crippen molar-refractivity contribution in [2.45, 2.75) is 58.4 Å². The first kappa shape index (κ1) is 12.8. The number of rotatable bonds is 5. The van der Waals surface area contributed by atoms with Gasteiger partial charge in [0.05, 0.1) is 0 Å². The Bertz CT molecular complexity index is 216. The smallest absolute Gasteiger partial charge is 0.220 e. The maximum absolute atomic E-state index is 11.5. The van der Waals surface area contributed by atoms with E-state index in [0.29, 0.717) is 23.8 Å². The molecule has 0 spiro atoms. The van der Waals surface area contributed by atoms with Gasteiger partial charge in [-0.2, -0.15) is 0 Å². The van der Waals surface area contributed by atoms with Gasteiger partial charge in [-0.05, 0) is 37.5 Å². The van der Waals surface area contributed by atoms with Gasteiger partial charge in [0.15, 0.2) is 0 Å². The minimum Gasteiger partial charge on any atom is -0.353 e. The summed E-state index contributed by atoms with van der Waals surface area (Å²) in [6, 6.07) is 0.406. The van der Waals surface area contributed by atoms with Gasteiger partial charge in [0.1, 0.15) is 0 Å². The van der Waals surface area contributed by atoms with Crippen molar-refractivity contribution in [2.75, 3.05) is 5.88 Å². The molecule has 1 saturated carbocycles. The summed E-state index contributed by atoms with van der Waals surface area (Å²) in [6.45, 7) is 4.54. The molecule has 88 valence electrons. The Hall–Kier alpha value is -0.240. The molecule has 1 N–H and O–H groups in total. The van der Waals surface area contributed by atoms with Gasteiger partial charge in [0.2, 0.25) is 5.91 Å². The number of hydrogen-bond donors (Lipinski definition) is 1. The normalized spacial score (nSPS) is 24.1. The third-order valence-corrected chi connectivity index (χ3v) is 3.39. The molecule has 0 radical (unpaired) electrons. The molecule has 1 rings (SSSR count). The van der Waals surface area contributed by atoms with Crippen LogP contribution in [-0.2, 0) is 4.79 Å². The zero-order valence-corrected chi connectivity index (χ0v) is 10.6. The van der Waals surface area contributed by atoms with Gasteiger partial charge in [-0.3, -0.25) is 4.79 Å². The predicted molar refractivity (Wildman–Crippen MR) is 64.1 cm³/mol. The fourth-order valence-corrected chi connectivity index (χ4v) is 2.43. The number of amides is 1. The Morgan fingerprint density at radius 2 is 2.20 bits per heavy atom. The first-order chi connectivity index (χ1) is 7.03. The number of carbonyl (C=O) groups is 1. The van der Waals surface area contributed by atoms with Crippen molar-refractivity contribution >= 4 is 17.5 Å². The van der Waals surface area contributed by atoms with E-state index in [4.69, 9.17) is 11.6 Å². The van der Waals surface area contributed by atoms with Crippen molar-refractivity contribution in [1.29, 1.82) is 0 Å². The molecular weight excluding hydrogens is 210 g/mol. The lowest BCUT2D eigenvalue weighted by Gasteiger charge is -2.17. The highest BCUT2D eigenvalue weighted by molar-refractivity contribution is 6.17. The molecule has 0 heterocycles. The summed E-state index contributed by atoms with van der Waals surface area (Å²) in [5.41, 5.74) is 0.411. The van der Waals surface area contributed by atoms with Crippen LogP contribution in [0.3, 0.4) is 0 Å². The monoisotopic (exact) mass is 231 g/mol. The third kappa shape index (κ3) is 4.87. The van der Waals surface area contributed by atoms with Gasteiger partial charge in [0.25, 0.3) is 0 Å². The van der Waals surface area contributed by atoms with E-state index >= 15 is 0 Å². The van der Waals surface area contributed by atoms with Gasteiger partial charge in [-0.15, -0.1) is 11.6 Å². The second-order valence-corrected chi connectivity index (χ2v) is 5.70. The zero-order valence-electron chi connectivity index (χ0n) is 9.81. The lowest BCUT2D eigenvalue weighted by atomic mass is 9.92. The summed E-state index contributed by atoms with van der Waals surface area (Å²) < 4.78 is 0. The van der Waals surface area contributed by atoms with Crippen molar-refractivity contribution < 1.29 is 4.79 Å². The van der Waals surface area contributed by atoms with Crippen molar-refractivity contribution in [2.24, 2.45) is 5.41 Å². The van der Waals surface area contributed by atoms with E-state index in [9.17, 15) is 4.79 Å². The molecule has 1 amide bonds. The molecule has 15 heavy (non-hydrogen) atoms. The molecule has 2 nitrogen and oxygen atoms in total. The summed E-state index contributed by atoms with van der Waals surface area (Å²) in [5, 5.41) is 3.11. The van der Waals surface area contributed by atoms with Crippen molar-refractivity contribution in [3.63, 3.8) is 0 Å². The Morgan fingerprint density at radius 3 is 2.73 bits per heavy atom. The topological polar surface area (TPSA) is 29.1 Å². The molecule has 0 bridgehead atoms. The minimum atomic E-state index is 0.197. The second kappa shape index (κ2) is 5.74. The number of alkyl halides is 1. The summed E-state index contributed by atoms with van der Waals surface area (Å²) >= 11 is 5.56. The van der Waals surface area contributed by atoms with Crippen LogP contribution in [0.2, 0.25) is 0 Å². The molecule has 1 unspecified atom stereocenters. The lowest BCUT2D eigenvalue weighted by molar-refractivity contribution is -0.121. The molecular formula is C12H22ClNO. The van der Waals surface area contributed by atoms with Gasteiger partial charge < -0.3 is 5.32 Å². The van der Waals surface area contributed by atoms with Crippen LogP contribution in [0.4, 0.5) is 0 Å². The Morgan fingerprint density at radius 1 is 1.47 bits per heavy atom. The minimum absolute atomic E-state index is 0.197. The maximum Gasteiger partial charge on any atom is 0.220 e. The zero-order chi connectivity index (χ0) is 11.3. The van der Waals surface area contributed by atoms with Crippen LogP contribution in [0.1, 0.15) is 52.4 Å². The molecule has 0 saturated heterocycles. The largest absolute Gasteiger partial charge is 0.353 e. The number of nitrogens with one attached hydrogen (secondary N) is 1. The van der Waals surface area contributed by atoms with E-state index in [0.717, 1.165) is 25.7 Å². The average molecular weight is 232 g/mol. The number of hydrogen-bond acceptors (Lipinski definition) is 1. The van der Waals surface area contributed by atoms with Crippen LogP contribution >= 0.6 is 11.6 Å². The van der Waals surface area contributed by atoms with Crippen molar-refractivity contribution in [3.05, 3.63) is 0 Å². The highest BCUT2D eigenvalue weighted by atomic mass is 35.5. The number of carbonyl (C=O) groups excluding carboxylic acids is 1. The van der Waals surface area contributed by atoms with E-state index in [2.05, 4.69) is 19.2 Å². The molecule has 0 aromatic heterocycles. The highest BCUT2D eigenvalue weighted by Crippen LogP contribution is 2.36. The third-order valence-electron chi connectivity index (χ3n) is 3.12. The van der Waals surface area contributed by atoms with Crippen LogP contribution in [0, 0.1) is 5.41 Å². The summed E-state index contributed by atoms with van der Waals surface area (Å²) in [6.07, 6.45) is 5.95. The van der Waals surface area contributed by atoms with Gasteiger partial charge in [-0.1, -0.05) is 13.8 Å². The maximum atomic E-state index is 11.5. The van der Waals surface area contributed by atoms with Gasteiger partial charge in [-0.25, -0.2) is 0 Å². The summed E-state index contributed by atoms with van der Waals surface area (Å²) in [4.78, 5) is 11.5. The molecule has 1 aliphatic carbocycles. The first-order valence-electron chi connectivity index (χ1n) is 5.89. The second-order valence-electron chi connectivity index (χ2n) is 5.32. The fourth-order valence-electron chi connectivity index (χ4n) is 2.24. The van der Waals surface area contributed by atoms with Crippen molar-refractivity contribution in [3.8, 4) is 0 Å². The molecule has 1 fully saturated rings. The summed E-state index contributed by atoms with van der Waals surface area (Å²) in [7, 11) is 0. The van der Waals surface area contributed by atoms with E-state index in [1.807, 2.05) is 0 Å². The molecule has 1 aliphatic rings. The summed E-state index contributed by atoms with van der Waals surface area (Å²) in [5.74, 6) is 0.854. The molecule has 0 aromatic rings. The van der Waals surface area contributed by atoms with Crippen molar-refractivity contribution in [1.82, 2.24) is 5.32 Å². The Labute approximate surface area is 97.8 Å². The average Bonchev–Trinajstić information content (AvgIpc) is 2.46. The standard InChI is InChI=1S/C12H22ClNO/c1-12(2)7-6-10(9-12)14-11(15)5-3-4-8-13/h10H,3-9H2,1-2H3,(H,14,15). The highest BCUT2D eigenvalue weighted by Gasteiger charge is 2.31. The van der Waals surface area contributed by atoms with Crippen LogP contribution in [0.5, 0.6) is 0 Å². The number of unbranched alkanes of at least 4 members (excludes halogenated alkanes) is 1. The Kier molecular flexibility index (Phi) is 4.91. The quantitative estimate of drug-likeness (QED) is 0.572. The van der Waals surface area contributed by atoms with Gasteiger partial charge in [0, 0.05) is 18.3 Å². The van der Waals surface area contributed by atoms with E-state index < -0.39 is 0 Å². The molecule has 1 atom stereocenters. The fraction of sp³-hybridized carbons (Fsp3) is 0.917. The van der Waals surface area contributed by atoms with Crippen LogP contribution in [0.15, 0.2) is 0 Å². The predicted octanol–water partition coefficient (Wildman–Crippen LogP) is 3.09. The molecule has 0 aromatic carbocycles. The van der Waals surface area contributed by atoms with Crippen LogP contribution < -0.4 is 5.32 Å². The number of halogens is 1. The van der Waals surface area contributed by atoms with Gasteiger partial charge >= 0.3 is 0 Å².